The quantitative estimate of drug-likeness (QED) is 0.289. The first-order valence-corrected chi connectivity index (χ1v) is 13.4. The molecule has 6 heteroatoms. The Bertz CT molecular complexity index is 1310. The second kappa shape index (κ2) is 11.2. The Hall–Kier alpha value is -2.93. The largest absolute Gasteiger partial charge is 0.506 e. The molecule has 0 spiro atoms. The van der Waals surface area contributed by atoms with Gasteiger partial charge in [-0.3, -0.25) is 9.69 Å². The van der Waals surface area contributed by atoms with Crippen LogP contribution in [0.3, 0.4) is 0 Å². The van der Waals surface area contributed by atoms with E-state index in [1.54, 1.807) is 6.07 Å². The number of benzene rings is 3. The molecule has 2 heterocycles. The van der Waals surface area contributed by atoms with Crippen LogP contribution in [0.5, 0.6) is 5.75 Å². The maximum atomic E-state index is 11.7. The maximum absolute atomic E-state index is 11.7. The van der Waals surface area contributed by atoms with E-state index in [9.17, 15) is 9.90 Å². The summed E-state index contributed by atoms with van der Waals surface area (Å²) in [5.41, 5.74) is 5.89. The molecule has 35 heavy (non-hydrogen) atoms. The first kappa shape index (κ1) is 23.8. The highest BCUT2D eigenvalue weighted by molar-refractivity contribution is 7.16. The lowest BCUT2D eigenvalue weighted by atomic mass is 9.89. The Morgan fingerprint density at radius 1 is 0.943 bits per heavy atom. The first-order chi connectivity index (χ1) is 17.2. The average molecular weight is 488 g/mol. The molecule has 1 aliphatic heterocycles. The summed E-state index contributed by atoms with van der Waals surface area (Å²) in [5, 5.41) is 13.5. The Morgan fingerprint density at radius 3 is 2.54 bits per heavy atom. The minimum atomic E-state index is -0.129. The predicted octanol–water partition coefficient (Wildman–Crippen LogP) is 5.05. The van der Waals surface area contributed by atoms with Crippen molar-refractivity contribution in [3.05, 3.63) is 98.7 Å². The van der Waals surface area contributed by atoms with Crippen LogP contribution < -0.4 is 10.2 Å². The lowest BCUT2D eigenvalue weighted by molar-refractivity contribution is 0.204. The highest BCUT2D eigenvalue weighted by Gasteiger charge is 2.20. The van der Waals surface area contributed by atoms with E-state index in [0.717, 1.165) is 55.8 Å². The van der Waals surface area contributed by atoms with Crippen molar-refractivity contribution in [2.45, 2.75) is 38.1 Å². The Morgan fingerprint density at radius 2 is 1.71 bits per heavy atom. The van der Waals surface area contributed by atoms with Crippen LogP contribution in [0.1, 0.15) is 41.0 Å². The van der Waals surface area contributed by atoms with E-state index in [4.69, 9.17) is 0 Å². The number of nitrogens with zero attached hydrogens (tertiary/aromatic N) is 1. The molecule has 182 valence electrons. The molecule has 0 atom stereocenters. The predicted molar refractivity (Wildman–Crippen MR) is 145 cm³/mol. The number of phenolic OH excluding ortho intramolecular Hbond substituents is 1. The number of H-pyrrole nitrogens is 1. The van der Waals surface area contributed by atoms with Crippen LogP contribution in [0.15, 0.2) is 71.5 Å². The summed E-state index contributed by atoms with van der Waals surface area (Å²) in [4.78, 5) is 16.9. The maximum Gasteiger partial charge on any atom is 0.305 e. The van der Waals surface area contributed by atoms with Crippen LogP contribution in [-0.2, 0) is 19.4 Å². The fourth-order valence-corrected chi connectivity index (χ4v) is 6.04. The molecular formula is C29H33N3O2S. The molecule has 0 unspecified atom stereocenters. The molecule has 1 aliphatic rings. The van der Waals surface area contributed by atoms with Gasteiger partial charge in [-0.05, 0) is 86.1 Å². The summed E-state index contributed by atoms with van der Waals surface area (Å²) in [6.07, 6.45) is 4.29. The number of aromatic amines is 1. The Labute approximate surface area is 210 Å². The van der Waals surface area contributed by atoms with Crippen molar-refractivity contribution in [1.29, 1.82) is 0 Å². The van der Waals surface area contributed by atoms with E-state index < -0.39 is 0 Å². The minimum Gasteiger partial charge on any atom is -0.506 e. The second-order valence-corrected chi connectivity index (χ2v) is 10.5. The van der Waals surface area contributed by atoms with E-state index in [1.165, 1.54) is 40.9 Å². The standard InChI is InChI=1S/C29H33N3O2S/c33-26-10-9-25(28-27(26)31-29(34)35-28)12-16-30-15-11-21-5-4-6-22(19-21)20-32-17-13-24(14-18-32)23-7-2-1-3-8-23/h1-10,19,24,30,33H,11-18,20H2,(H,31,34). The fraction of sp³-hybridized carbons (Fsp3) is 0.345. The van der Waals surface area contributed by atoms with Crippen LogP contribution in [0.25, 0.3) is 10.2 Å². The van der Waals surface area contributed by atoms with Gasteiger partial charge >= 0.3 is 4.87 Å². The van der Waals surface area contributed by atoms with Crippen molar-refractivity contribution < 1.29 is 5.11 Å². The molecule has 0 bridgehead atoms. The van der Waals surface area contributed by atoms with Gasteiger partial charge in [0.25, 0.3) is 0 Å². The topological polar surface area (TPSA) is 68.4 Å². The van der Waals surface area contributed by atoms with Crippen molar-refractivity contribution in [1.82, 2.24) is 15.2 Å². The molecule has 3 aromatic carbocycles. The molecule has 0 saturated carbocycles. The van der Waals surface area contributed by atoms with Gasteiger partial charge in [-0.25, -0.2) is 0 Å². The van der Waals surface area contributed by atoms with Crippen molar-refractivity contribution in [3.63, 3.8) is 0 Å². The molecule has 3 N–H and O–H groups in total. The molecule has 5 nitrogen and oxygen atoms in total. The number of thiazole rings is 1. The highest BCUT2D eigenvalue weighted by Crippen LogP contribution is 2.29. The van der Waals surface area contributed by atoms with Gasteiger partial charge in [0, 0.05) is 6.54 Å². The lowest BCUT2D eigenvalue weighted by Crippen LogP contribution is -2.32. The monoisotopic (exact) mass is 487 g/mol. The van der Waals surface area contributed by atoms with Crippen LogP contribution in [0, 0.1) is 0 Å². The lowest BCUT2D eigenvalue weighted by Gasteiger charge is -2.32. The molecule has 1 saturated heterocycles. The number of likely N-dealkylation sites (tertiary alicyclic amines) is 1. The zero-order valence-corrected chi connectivity index (χ0v) is 20.8. The molecule has 0 aliphatic carbocycles. The van der Waals surface area contributed by atoms with E-state index in [1.807, 2.05) is 6.07 Å². The molecule has 0 radical (unpaired) electrons. The van der Waals surface area contributed by atoms with Crippen LogP contribution in [-0.4, -0.2) is 41.2 Å². The second-order valence-electron chi connectivity index (χ2n) is 9.49. The van der Waals surface area contributed by atoms with Crippen molar-refractivity contribution >= 4 is 21.6 Å². The summed E-state index contributed by atoms with van der Waals surface area (Å²) < 4.78 is 0.859. The summed E-state index contributed by atoms with van der Waals surface area (Å²) in [7, 11) is 0. The number of aromatic hydroxyl groups is 1. The Kier molecular flexibility index (Phi) is 7.62. The molecular weight excluding hydrogens is 454 g/mol. The fourth-order valence-electron chi connectivity index (χ4n) is 5.14. The average Bonchev–Trinajstić information content (AvgIpc) is 3.29. The number of phenols is 1. The van der Waals surface area contributed by atoms with Gasteiger partial charge in [0.2, 0.25) is 0 Å². The summed E-state index contributed by atoms with van der Waals surface area (Å²) in [6, 6.07) is 23.5. The van der Waals surface area contributed by atoms with E-state index in [2.05, 4.69) is 69.8 Å². The molecule has 0 amide bonds. The van der Waals surface area contributed by atoms with Crippen LogP contribution >= 0.6 is 11.3 Å². The zero-order chi connectivity index (χ0) is 24.0. The number of aromatic nitrogens is 1. The van der Waals surface area contributed by atoms with Crippen molar-refractivity contribution in [2.24, 2.45) is 0 Å². The van der Waals surface area contributed by atoms with E-state index in [0.29, 0.717) is 11.4 Å². The number of fused-ring (bicyclic) bond motifs is 1. The minimum absolute atomic E-state index is 0.129. The molecule has 1 fully saturated rings. The molecule has 4 aromatic rings. The number of hydrogen-bond acceptors (Lipinski definition) is 5. The Balaban J connectivity index is 1.07. The van der Waals surface area contributed by atoms with E-state index in [-0.39, 0.29) is 10.6 Å². The van der Waals surface area contributed by atoms with Gasteiger partial charge in [0.15, 0.2) is 0 Å². The van der Waals surface area contributed by atoms with Gasteiger partial charge in [-0.1, -0.05) is 72.0 Å². The number of piperidine rings is 1. The third-order valence-corrected chi connectivity index (χ3v) is 8.01. The zero-order valence-electron chi connectivity index (χ0n) is 20.0. The van der Waals surface area contributed by atoms with Gasteiger partial charge in [-0.15, -0.1) is 0 Å². The summed E-state index contributed by atoms with van der Waals surface area (Å²) in [5.74, 6) is 0.832. The summed E-state index contributed by atoms with van der Waals surface area (Å²) in [6.45, 7) is 5.09. The number of rotatable bonds is 9. The molecule has 5 rings (SSSR count). The third kappa shape index (κ3) is 6.01. The smallest absolute Gasteiger partial charge is 0.305 e. The van der Waals surface area contributed by atoms with Crippen LogP contribution in [0.4, 0.5) is 0 Å². The number of hydrogen-bond donors (Lipinski definition) is 3. The SMILES string of the molecule is O=c1[nH]c2c(O)ccc(CCNCCc3cccc(CN4CCC(c5ccccc5)CC4)c3)c2s1. The number of nitrogens with one attached hydrogen (secondary N) is 2. The van der Waals surface area contributed by atoms with Crippen LogP contribution in [0.2, 0.25) is 0 Å². The summed E-state index contributed by atoms with van der Waals surface area (Å²) >= 11 is 1.17. The van der Waals surface area contributed by atoms with Gasteiger partial charge in [0.1, 0.15) is 11.3 Å². The highest BCUT2D eigenvalue weighted by atomic mass is 32.1. The van der Waals surface area contributed by atoms with Crippen molar-refractivity contribution in [2.75, 3.05) is 26.2 Å². The van der Waals surface area contributed by atoms with E-state index >= 15 is 0 Å². The molecule has 1 aromatic heterocycles. The van der Waals surface area contributed by atoms with Crippen molar-refractivity contribution in [3.8, 4) is 5.75 Å². The normalized spacial score (nSPS) is 15.1. The first-order valence-electron chi connectivity index (χ1n) is 12.6. The van der Waals surface area contributed by atoms with Gasteiger partial charge in [0.05, 0.1) is 4.70 Å². The van der Waals surface area contributed by atoms with Gasteiger partial charge < -0.3 is 15.4 Å². The third-order valence-electron chi connectivity index (χ3n) is 7.06. The van der Waals surface area contributed by atoms with Gasteiger partial charge in [-0.2, -0.15) is 0 Å².